The Bertz CT molecular complexity index is 962. The molecule has 0 saturated heterocycles. The molecule has 0 fully saturated rings. The molecule has 6 heteroatoms. The molecule has 1 N–H and O–H groups in total. The van der Waals surface area contributed by atoms with Crippen LogP contribution < -0.4 is 5.32 Å². The number of ether oxygens (including phenoxy) is 1. The molecule has 0 aliphatic carbocycles. The van der Waals surface area contributed by atoms with Gasteiger partial charge in [-0.2, -0.15) is 0 Å². The number of benzene rings is 1. The normalized spacial score (nSPS) is 10.7. The number of nitrogens with one attached hydrogen (secondary N) is 1. The van der Waals surface area contributed by atoms with Crippen LogP contribution in [0.2, 0.25) is 0 Å². The second-order valence-electron chi connectivity index (χ2n) is 6.23. The lowest BCUT2D eigenvalue weighted by molar-refractivity contribution is 0.0524. The van der Waals surface area contributed by atoms with Gasteiger partial charge in [0.1, 0.15) is 5.69 Å². The van der Waals surface area contributed by atoms with Crippen LogP contribution in [-0.4, -0.2) is 34.6 Å². The fourth-order valence-corrected chi connectivity index (χ4v) is 2.99. The molecule has 140 valence electrons. The lowest BCUT2D eigenvalue weighted by Gasteiger charge is -2.09. The summed E-state index contributed by atoms with van der Waals surface area (Å²) in [7, 11) is 0. The van der Waals surface area contributed by atoms with Gasteiger partial charge in [-0.3, -0.25) is 4.79 Å². The average Bonchev–Trinajstić information content (AvgIpc) is 3.08. The molecule has 1 amide bonds. The standard InChI is InChI=1S/C21H23N3O3/c1-3-27-21(26)17-9-10-18(23-15(17)2)20(25)22-12-6-13-24-14-11-16-7-4-5-8-19(16)24/h4-5,7-11,14H,3,6,12-13H2,1-2H3,(H,22,25). The van der Waals surface area contributed by atoms with Gasteiger partial charge in [0.2, 0.25) is 0 Å². The Balaban J connectivity index is 1.53. The molecule has 27 heavy (non-hydrogen) atoms. The van der Waals surface area contributed by atoms with Gasteiger partial charge in [0, 0.05) is 24.8 Å². The molecule has 2 aromatic heterocycles. The van der Waals surface area contributed by atoms with E-state index in [-0.39, 0.29) is 5.91 Å². The highest BCUT2D eigenvalue weighted by molar-refractivity contribution is 5.95. The van der Waals surface area contributed by atoms with Crippen LogP contribution in [0.15, 0.2) is 48.7 Å². The van der Waals surface area contributed by atoms with Gasteiger partial charge in [-0.25, -0.2) is 9.78 Å². The van der Waals surface area contributed by atoms with Gasteiger partial charge >= 0.3 is 5.97 Å². The number of aryl methyl sites for hydroxylation is 2. The second-order valence-corrected chi connectivity index (χ2v) is 6.23. The number of carbonyl (C=O) groups excluding carboxylic acids is 2. The van der Waals surface area contributed by atoms with Crippen LogP contribution in [0.3, 0.4) is 0 Å². The first kappa shape index (κ1) is 18.6. The highest BCUT2D eigenvalue weighted by Gasteiger charge is 2.14. The average molecular weight is 365 g/mol. The zero-order valence-corrected chi connectivity index (χ0v) is 15.6. The molecule has 0 aliphatic heterocycles. The summed E-state index contributed by atoms with van der Waals surface area (Å²) < 4.78 is 7.15. The summed E-state index contributed by atoms with van der Waals surface area (Å²) in [6.07, 6.45) is 2.87. The maximum Gasteiger partial charge on any atom is 0.339 e. The van der Waals surface area contributed by atoms with Crippen molar-refractivity contribution in [3.63, 3.8) is 0 Å². The molecule has 3 rings (SSSR count). The third kappa shape index (κ3) is 4.34. The van der Waals surface area contributed by atoms with E-state index in [1.165, 1.54) is 10.9 Å². The predicted octanol–water partition coefficient (Wildman–Crippen LogP) is 3.34. The number of aromatic nitrogens is 2. The highest BCUT2D eigenvalue weighted by Crippen LogP contribution is 2.15. The predicted molar refractivity (Wildman–Crippen MR) is 104 cm³/mol. The van der Waals surface area contributed by atoms with Crippen molar-refractivity contribution in [2.45, 2.75) is 26.8 Å². The first-order valence-corrected chi connectivity index (χ1v) is 9.07. The van der Waals surface area contributed by atoms with Crippen molar-refractivity contribution in [1.29, 1.82) is 0 Å². The van der Waals surface area contributed by atoms with Crippen LogP contribution in [0, 0.1) is 6.92 Å². The molecule has 3 aromatic rings. The Morgan fingerprint density at radius 2 is 1.96 bits per heavy atom. The molecule has 0 spiro atoms. The Labute approximate surface area is 158 Å². The quantitative estimate of drug-likeness (QED) is 0.515. The number of hydrogen-bond donors (Lipinski definition) is 1. The van der Waals surface area contributed by atoms with E-state index in [1.54, 1.807) is 26.0 Å². The molecule has 0 bridgehead atoms. The number of pyridine rings is 1. The largest absolute Gasteiger partial charge is 0.462 e. The number of nitrogens with zero attached hydrogens (tertiary/aromatic N) is 2. The van der Waals surface area contributed by atoms with Crippen LogP contribution >= 0.6 is 0 Å². The monoisotopic (exact) mass is 365 g/mol. The van der Waals surface area contributed by atoms with Crippen molar-refractivity contribution < 1.29 is 14.3 Å². The summed E-state index contributed by atoms with van der Waals surface area (Å²) in [6.45, 7) is 5.12. The number of fused-ring (bicyclic) bond motifs is 1. The summed E-state index contributed by atoms with van der Waals surface area (Å²) in [5.74, 6) is -0.667. The Kier molecular flexibility index (Phi) is 5.86. The van der Waals surface area contributed by atoms with Crippen LogP contribution in [-0.2, 0) is 11.3 Å². The summed E-state index contributed by atoms with van der Waals surface area (Å²) in [6, 6.07) is 13.4. The third-order valence-corrected chi connectivity index (χ3v) is 4.36. The SMILES string of the molecule is CCOC(=O)c1ccc(C(=O)NCCCn2ccc3ccccc32)nc1C. The molecular weight excluding hydrogens is 342 g/mol. The van der Waals surface area contributed by atoms with E-state index >= 15 is 0 Å². The number of hydrogen-bond acceptors (Lipinski definition) is 4. The molecule has 0 aliphatic rings. The van der Waals surface area contributed by atoms with E-state index < -0.39 is 5.97 Å². The van der Waals surface area contributed by atoms with Gasteiger partial charge in [-0.1, -0.05) is 18.2 Å². The molecule has 2 heterocycles. The number of amides is 1. The van der Waals surface area contributed by atoms with Crippen LogP contribution in [0.1, 0.15) is 39.9 Å². The fourth-order valence-electron chi connectivity index (χ4n) is 2.99. The molecule has 1 aromatic carbocycles. The smallest absolute Gasteiger partial charge is 0.339 e. The second kappa shape index (κ2) is 8.49. The van der Waals surface area contributed by atoms with Crippen molar-refractivity contribution in [3.8, 4) is 0 Å². The van der Waals surface area contributed by atoms with Gasteiger partial charge in [-0.05, 0) is 49.9 Å². The van der Waals surface area contributed by atoms with Gasteiger partial charge in [0.05, 0.1) is 17.9 Å². The number of esters is 1. The lowest BCUT2D eigenvalue weighted by atomic mass is 10.2. The molecule has 0 radical (unpaired) electrons. The maximum absolute atomic E-state index is 12.3. The molecular formula is C21H23N3O3. The van der Waals surface area contributed by atoms with E-state index in [0.717, 1.165) is 13.0 Å². The zero-order chi connectivity index (χ0) is 19.2. The summed E-state index contributed by atoms with van der Waals surface area (Å²) >= 11 is 0. The van der Waals surface area contributed by atoms with Crippen LogP contribution in [0.4, 0.5) is 0 Å². The van der Waals surface area contributed by atoms with Gasteiger partial charge in [0.25, 0.3) is 5.91 Å². The topological polar surface area (TPSA) is 73.2 Å². The number of para-hydroxylation sites is 1. The first-order chi connectivity index (χ1) is 13.1. The van der Waals surface area contributed by atoms with Crippen molar-refractivity contribution in [1.82, 2.24) is 14.9 Å². The minimum Gasteiger partial charge on any atom is -0.462 e. The van der Waals surface area contributed by atoms with Crippen molar-refractivity contribution in [2.75, 3.05) is 13.2 Å². The number of rotatable bonds is 7. The summed E-state index contributed by atoms with van der Waals surface area (Å²) in [4.78, 5) is 28.3. The van der Waals surface area contributed by atoms with Crippen molar-refractivity contribution in [2.24, 2.45) is 0 Å². The Morgan fingerprint density at radius 3 is 2.74 bits per heavy atom. The molecule has 0 saturated carbocycles. The lowest BCUT2D eigenvalue weighted by Crippen LogP contribution is -2.26. The third-order valence-electron chi connectivity index (χ3n) is 4.36. The van der Waals surface area contributed by atoms with Gasteiger partial charge in [0.15, 0.2) is 0 Å². The van der Waals surface area contributed by atoms with Gasteiger partial charge < -0.3 is 14.6 Å². The van der Waals surface area contributed by atoms with E-state index in [9.17, 15) is 9.59 Å². The molecule has 6 nitrogen and oxygen atoms in total. The van der Waals surface area contributed by atoms with Crippen molar-refractivity contribution >= 4 is 22.8 Å². The van der Waals surface area contributed by atoms with E-state index in [4.69, 9.17) is 4.74 Å². The molecule has 0 unspecified atom stereocenters. The van der Waals surface area contributed by atoms with Gasteiger partial charge in [-0.15, -0.1) is 0 Å². The van der Waals surface area contributed by atoms with Crippen molar-refractivity contribution in [3.05, 3.63) is 65.6 Å². The minimum atomic E-state index is -0.423. The summed E-state index contributed by atoms with van der Waals surface area (Å²) in [5, 5.41) is 4.09. The maximum atomic E-state index is 12.3. The Hall–Kier alpha value is -3.15. The number of carbonyl (C=O) groups is 2. The highest BCUT2D eigenvalue weighted by atomic mass is 16.5. The van der Waals surface area contributed by atoms with E-state index in [0.29, 0.717) is 30.1 Å². The van der Waals surface area contributed by atoms with Crippen LogP contribution in [0.25, 0.3) is 10.9 Å². The van der Waals surface area contributed by atoms with E-state index in [1.807, 2.05) is 12.1 Å². The minimum absolute atomic E-state index is 0.245. The Morgan fingerprint density at radius 1 is 1.15 bits per heavy atom. The summed E-state index contributed by atoms with van der Waals surface area (Å²) in [5.41, 5.74) is 2.36. The van der Waals surface area contributed by atoms with E-state index in [2.05, 4.69) is 39.3 Å². The van der Waals surface area contributed by atoms with Crippen LogP contribution in [0.5, 0.6) is 0 Å². The molecule has 0 atom stereocenters. The first-order valence-electron chi connectivity index (χ1n) is 9.07. The fraction of sp³-hybridized carbons (Fsp3) is 0.286. The zero-order valence-electron chi connectivity index (χ0n) is 15.6.